The fourth-order valence-electron chi connectivity index (χ4n) is 4.61. The van der Waals surface area contributed by atoms with Gasteiger partial charge in [-0.15, -0.1) is 10.2 Å². The van der Waals surface area contributed by atoms with E-state index < -0.39 is 34.7 Å². The monoisotopic (exact) mass is 523 g/mol. The van der Waals surface area contributed by atoms with Crippen LogP contribution < -0.4 is 10.1 Å². The largest absolute Gasteiger partial charge is 0.488 e. The van der Waals surface area contributed by atoms with Crippen LogP contribution in [0.15, 0.2) is 55.0 Å². The number of anilines is 1. The van der Waals surface area contributed by atoms with Crippen molar-refractivity contribution in [3.63, 3.8) is 0 Å². The second kappa shape index (κ2) is 10.5. The van der Waals surface area contributed by atoms with Gasteiger partial charge in [0.2, 0.25) is 5.82 Å². The third-order valence-electron chi connectivity index (χ3n) is 6.61. The molecule has 0 unspecified atom stereocenters. The third-order valence-corrected chi connectivity index (χ3v) is 6.61. The maximum atomic E-state index is 14.6. The molecule has 38 heavy (non-hydrogen) atoms. The van der Waals surface area contributed by atoms with Gasteiger partial charge in [-0.1, -0.05) is 12.1 Å². The standard InChI is InChI=1S/C27H24F3N5O3/c1-2-38-25-23(29)20(13-21(28)24(25)30)26(36)32-19-6-3-16(4-7-19)17-9-11-34(12-10-17)27(37)18-5-8-22-33-31-15-35(22)14-18/h3-8,13-15,17H,2,9-12H2,1H3,(H,32,36). The van der Waals surface area contributed by atoms with Gasteiger partial charge in [0.05, 0.1) is 17.7 Å². The zero-order valence-corrected chi connectivity index (χ0v) is 20.5. The molecular formula is C27H24F3N5O3. The van der Waals surface area contributed by atoms with Crippen molar-refractivity contribution < 1.29 is 27.5 Å². The highest BCUT2D eigenvalue weighted by Crippen LogP contribution is 2.31. The minimum atomic E-state index is -1.48. The Morgan fingerprint density at radius 3 is 2.50 bits per heavy atom. The molecule has 0 spiro atoms. The van der Waals surface area contributed by atoms with E-state index in [0.717, 1.165) is 18.4 Å². The SMILES string of the molecule is CCOc1c(F)c(F)cc(C(=O)Nc2ccc(C3CCN(C(=O)c4ccc5nncn5c4)CC3)cc2)c1F. The van der Waals surface area contributed by atoms with Gasteiger partial charge >= 0.3 is 0 Å². The number of amides is 2. The first kappa shape index (κ1) is 25.2. The molecule has 0 aliphatic carbocycles. The van der Waals surface area contributed by atoms with Gasteiger partial charge in [-0.05, 0) is 61.6 Å². The first-order chi connectivity index (χ1) is 18.4. The zero-order valence-electron chi connectivity index (χ0n) is 20.5. The summed E-state index contributed by atoms with van der Waals surface area (Å²) in [6, 6.07) is 11.1. The number of likely N-dealkylation sites (tertiary alicyclic amines) is 1. The van der Waals surface area contributed by atoms with Gasteiger partial charge in [0.15, 0.2) is 23.0 Å². The lowest BCUT2D eigenvalue weighted by atomic mass is 9.89. The lowest BCUT2D eigenvalue weighted by Crippen LogP contribution is -2.38. The van der Waals surface area contributed by atoms with E-state index in [1.165, 1.54) is 6.92 Å². The smallest absolute Gasteiger partial charge is 0.258 e. The van der Waals surface area contributed by atoms with E-state index in [0.29, 0.717) is 36.1 Å². The average molecular weight is 524 g/mol. The molecule has 1 aliphatic rings. The number of fused-ring (bicyclic) bond motifs is 1. The number of hydrogen-bond donors (Lipinski definition) is 1. The van der Waals surface area contributed by atoms with Crippen molar-refractivity contribution in [3.05, 3.63) is 89.1 Å². The molecule has 0 saturated carbocycles. The fraction of sp³-hybridized carbons (Fsp3) is 0.259. The fourth-order valence-corrected chi connectivity index (χ4v) is 4.61. The van der Waals surface area contributed by atoms with E-state index in [1.54, 1.807) is 41.2 Å². The topological polar surface area (TPSA) is 88.8 Å². The number of ether oxygens (including phenoxy) is 1. The molecule has 11 heteroatoms. The van der Waals surface area contributed by atoms with Crippen molar-refractivity contribution in [2.45, 2.75) is 25.7 Å². The molecule has 2 aromatic carbocycles. The van der Waals surface area contributed by atoms with Gasteiger partial charge < -0.3 is 15.0 Å². The number of rotatable bonds is 6. The summed E-state index contributed by atoms with van der Waals surface area (Å²) in [5, 5.41) is 10.3. The number of carbonyl (C=O) groups excluding carboxylic acids is 2. The van der Waals surface area contributed by atoms with Gasteiger partial charge in [-0.3, -0.25) is 14.0 Å². The first-order valence-corrected chi connectivity index (χ1v) is 12.2. The van der Waals surface area contributed by atoms with Crippen LogP contribution in [0.5, 0.6) is 5.75 Å². The van der Waals surface area contributed by atoms with Crippen LogP contribution >= 0.6 is 0 Å². The Morgan fingerprint density at radius 2 is 1.79 bits per heavy atom. The number of carbonyl (C=O) groups is 2. The highest BCUT2D eigenvalue weighted by atomic mass is 19.2. The van der Waals surface area contributed by atoms with Gasteiger partial charge in [-0.25, -0.2) is 8.78 Å². The Labute approximate surface area is 216 Å². The molecule has 3 heterocycles. The van der Waals surface area contributed by atoms with E-state index in [2.05, 4.69) is 15.5 Å². The summed E-state index contributed by atoms with van der Waals surface area (Å²) in [6.45, 7) is 2.60. The van der Waals surface area contributed by atoms with Crippen LogP contribution in [0.25, 0.3) is 5.65 Å². The molecule has 196 valence electrons. The number of benzene rings is 2. The lowest BCUT2D eigenvalue weighted by Gasteiger charge is -2.32. The summed E-state index contributed by atoms with van der Waals surface area (Å²) in [6.07, 6.45) is 4.82. The van der Waals surface area contributed by atoms with Gasteiger partial charge in [0.1, 0.15) is 6.33 Å². The molecule has 0 radical (unpaired) electrons. The van der Waals surface area contributed by atoms with E-state index in [9.17, 15) is 22.8 Å². The van der Waals surface area contributed by atoms with E-state index in [1.807, 2.05) is 17.0 Å². The molecule has 2 amide bonds. The number of nitrogens with one attached hydrogen (secondary N) is 1. The van der Waals surface area contributed by atoms with Gasteiger partial charge in [0, 0.05) is 25.0 Å². The van der Waals surface area contributed by atoms with Crippen LogP contribution in [0.3, 0.4) is 0 Å². The minimum Gasteiger partial charge on any atom is -0.488 e. The Kier molecular flexibility index (Phi) is 6.99. The maximum Gasteiger partial charge on any atom is 0.258 e. The van der Waals surface area contributed by atoms with Crippen LogP contribution in [0.1, 0.15) is 52.0 Å². The first-order valence-electron chi connectivity index (χ1n) is 12.2. The summed E-state index contributed by atoms with van der Waals surface area (Å²) < 4.78 is 48.9. The highest BCUT2D eigenvalue weighted by molar-refractivity contribution is 6.04. The van der Waals surface area contributed by atoms with E-state index in [4.69, 9.17) is 4.74 Å². The second-order valence-electron chi connectivity index (χ2n) is 8.95. The van der Waals surface area contributed by atoms with Crippen LogP contribution in [0.2, 0.25) is 0 Å². The summed E-state index contributed by atoms with van der Waals surface area (Å²) in [5.74, 6) is -5.78. The summed E-state index contributed by atoms with van der Waals surface area (Å²) in [4.78, 5) is 27.3. The minimum absolute atomic E-state index is 0.0472. The Hall–Kier alpha value is -4.41. The van der Waals surface area contributed by atoms with E-state index >= 15 is 0 Å². The normalized spacial score (nSPS) is 14.1. The second-order valence-corrected chi connectivity index (χ2v) is 8.95. The van der Waals surface area contributed by atoms with Crippen molar-refractivity contribution in [2.75, 3.05) is 25.0 Å². The number of pyridine rings is 1. The summed E-state index contributed by atoms with van der Waals surface area (Å²) >= 11 is 0. The highest BCUT2D eigenvalue weighted by Gasteiger charge is 2.26. The van der Waals surface area contributed by atoms with Crippen LogP contribution in [-0.4, -0.2) is 51.0 Å². The van der Waals surface area contributed by atoms with Crippen molar-refractivity contribution in [1.82, 2.24) is 19.5 Å². The molecule has 1 aliphatic heterocycles. The molecule has 0 bridgehead atoms. The number of aromatic nitrogens is 3. The van der Waals surface area contributed by atoms with Gasteiger partial charge in [0.25, 0.3) is 11.8 Å². The van der Waals surface area contributed by atoms with Crippen molar-refractivity contribution >= 4 is 23.1 Å². The molecule has 1 N–H and O–H groups in total. The molecule has 1 saturated heterocycles. The number of piperidine rings is 1. The predicted octanol–water partition coefficient (Wildman–Crippen LogP) is 4.82. The predicted molar refractivity (Wildman–Crippen MR) is 133 cm³/mol. The summed E-state index contributed by atoms with van der Waals surface area (Å²) in [7, 11) is 0. The van der Waals surface area contributed by atoms with E-state index in [-0.39, 0.29) is 18.4 Å². The van der Waals surface area contributed by atoms with Crippen molar-refractivity contribution in [3.8, 4) is 5.75 Å². The molecule has 4 aromatic rings. The molecule has 1 fully saturated rings. The lowest BCUT2D eigenvalue weighted by molar-refractivity contribution is 0.0712. The summed E-state index contributed by atoms with van der Waals surface area (Å²) in [5.41, 5.74) is 2.00. The van der Waals surface area contributed by atoms with Gasteiger partial charge in [-0.2, -0.15) is 4.39 Å². The molecule has 8 nitrogen and oxygen atoms in total. The average Bonchev–Trinajstić information content (AvgIpc) is 3.41. The molecule has 2 aromatic heterocycles. The van der Waals surface area contributed by atoms with Crippen LogP contribution in [0.4, 0.5) is 18.9 Å². The molecule has 5 rings (SSSR count). The molecule has 0 atom stereocenters. The molecular weight excluding hydrogens is 499 g/mol. The zero-order chi connectivity index (χ0) is 26.8. The quantitative estimate of drug-likeness (QED) is 0.366. The number of hydrogen-bond acceptors (Lipinski definition) is 5. The van der Waals surface area contributed by atoms with Crippen LogP contribution in [-0.2, 0) is 0 Å². The number of nitrogens with zero attached hydrogens (tertiary/aromatic N) is 4. The van der Waals surface area contributed by atoms with Crippen molar-refractivity contribution in [2.24, 2.45) is 0 Å². The number of halogens is 3. The Balaban J connectivity index is 1.21. The third kappa shape index (κ3) is 4.91. The van der Waals surface area contributed by atoms with Crippen molar-refractivity contribution in [1.29, 1.82) is 0 Å². The maximum absolute atomic E-state index is 14.6. The Bertz CT molecular complexity index is 1500. The Morgan fingerprint density at radius 1 is 1.05 bits per heavy atom. The van der Waals surface area contributed by atoms with Crippen LogP contribution in [0, 0.1) is 17.5 Å².